The standard InChI is InChI=1S/C16H18ClN3O/c17-13-6-7-14(16(18)19)15(10-13)20(8-9-21)11-12-4-2-1-3-5-12/h1-7,10,21H,8-9,11H2,(H3,18,19). The number of nitrogens with two attached hydrogens (primary N) is 1. The summed E-state index contributed by atoms with van der Waals surface area (Å²) in [6.45, 7) is 1.06. The van der Waals surface area contributed by atoms with Crippen LogP contribution in [0.2, 0.25) is 5.02 Å². The number of hydrogen-bond donors (Lipinski definition) is 3. The molecule has 0 saturated heterocycles. The minimum atomic E-state index is -0.0160. The number of amidine groups is 1. The number of rotatable bonds is 6. The van der Waals surface area contributed by atoms with Crippen LogP contribution < -0.4 is 10.6 Å². The lowest BCUT2D eigenvalue weighted by Gasteiger charge is -2.26. The first-order valence-electron chi connectivity index (χ1n) is 6.65. The van der Waals surface area contributed by atoms with Crippen molar-refractivity contribution in [2.45, 2.75) is 6.54 Å². The molecule has 0 amide bonds. The van der Waals surface area contributed by atoms with Crippen molar-refractivity contribution in [1.82, 2.24) is 0 Å². The molecule has 0 aromatic heterocycles. The molecular weight excluding hydrogens is 286 g/mol. The Morgan fingerprint density at radius 3 is 2.52 bits per heavy atom. The van der Waals surface area contributed by atoms with E-state index in [1.807, 2.05) is 35.2 Å². The van der Waals surface area contributed by atoms with E-state index in [0.29, 0.717) is 23.7 Å². The zero-order chi connectivity index (χ0) is 15.2. The molecule has 2 aromatic carbocycles. The van der Waals surface area contributed by atoms with Crippen molar-refractivity contribution < 1.29 is 5.11 Å². The normalized spacial score (nSPS) is 10.4. The van der Waals surface area contributed by atoms with Gasteiger partial charge in [-0.05, 0) is 23.8 Å². The third-order valence-electron chi connectivity index (χ3n) is 3.18. The van der Waals surface area contributed by atoms with Crippen LogP contribution in [0, 0.1) is 5.41 Å². The maximum Gasteiger partial charge on any atom is 0.124 e. The van der Waals surface area contributed by atoms with E-state index in [0.717, 1.165) is 11.3 Å². The second kappa shape index (κ2) is 7.11. The number of anilines is 1. The summed E-state index contributed by atoms with van der Waals surface area (Å²) in [6.07, 6.45) is 0. The number of halogens is 1. The predicted octanol–water partition coefficient (Wildman–Crippen LogP) is 2.62. The fraction of sp³-hybridized carbons (Fsp3) is 0.188. The summed E-state index contributed by atoms with van der Waals surface area (Å²) < 4.78 is 0. The van der Waals surface area contributed by atoms with E-state index < -0.39 is 0 Å². The third kappa shape index (κ3) is 3.97. The molecule has 110 valence electrons. The fourth-order valence-electron chi connectivity index (χ4n) is 2.20. The Kier molecular flexibility index (Phi) is 5.20. The van der Waals surface area contributed by atoms with Crippen molar-refractivity contribution in [1.29, 1.82) is 5.41 Å². The molecule has 0 saturated carbocycles. The second-order valence-electron chi connectivity index (χ2n) is 4.71. The summed E-state index contributed by atoms with van der Waals surface area (Å²) in [4.78, 5) is 1.97. The number of nitrogens with one attached hydrogen (secondary N) is 1. The smallest absolute Gasteiger partial charge is 0.124 e. The van der Waals surface area contributed by atoms with Gasteiger partial charge in [0.05, 0.1) is 6.61 Å². The molecule has 0 bridgehead atoms. The van der Waals surface area contributed by atoms with Gasteiger partial charge < -0.3 is 15.7 Å². The summed E-state index contributed by atoms with van der Waals surface area (Å²) in [5.41, 5.74) is 8.13. The van der Waals surface area contributed by atoms with E-state index in [1.165, 1.54) is 0 Å². The Labute approximate surface area is 129 Å². The zero-order valence-corrected chi connectivity index (χ0v) is 12.3. The molecule has 0 aliphatic carbocycles. The van der Waals surface area contributed by atoms with E-state index in [4.69, 9.17) is 22.7 Å². The van der Waals surface area contributed by atoms with Gasteiger partial charge in [-0.2, -0.15) is 0 Å². The molecule has 0 radical (unpaired) electrons. The Bertz CT molecular complexity index is 616. The van der Waals surface area contributed by atoms with E-state index in [2.05, 4.69) is 0 Å². The highest BCUT2D eigenvalue weighted by Gasteiger charge is 2.14. The second-order valence-corrected chi connectivity index (χ2v) is 5.14. The highest BCUT2D eigenvalue weighted by Crippen LogP contribution is 2.26. The largest absolute Gasteiger partial charge is 0.395 e. The SMILES string of the molecule is N=C(N)c1ccc(Cl)cc1N(CCO)Cc1ccccc1. The Balaban J connectivity index is 2.37. The van der Waals surface area contributed by atoms with E-state index in [9.17, 15) is 5.11 Å². The van der Waals surface area contributed by atoms with Crippen molar-refractivity contribution in [3.63, 3.8) is 0 Å². The van der Waals surface area contributed by atoms with Crippen molar-refractivity contribution in [3.05, 3.63) is 64.7 Å². The number of nitrogen functional groups attached to an aromatic ring is 1. The van der Waals surface area contributed by atoms with Crippen LogP contribution in [0.15, 0.2) is 48.5 Å². The molecular formula is C16H18ClN3O. The molecule has 0 heterocycles. The molecule has 0 spiro atoms. The minimum absolute atomic E-state index is 0.0106. The molecule has 4 nitrogen and oxygen atoms in total. The molecule has 0 aliphatic heterocycles. The van der Waals surface area contributed by atoms with Crippen LogP contribution in [0.25, 0.3) is 0 Å². The van der Waals surface area contributed by atoms with Crippen LogP contribution in [0.3, 0.4) is 0 Å². The minimum Gasteiger partial charge on any atom is -0.395 e. The number of aliphatic hydroxyl groups is 1. The number of benzene rings is 2. The maximum atomic E-state index is 9.32. The van der Waals surface area contributed by atoms with Gasteiger partial charge in [-0.15, -0.1) is 0 Å². The Morgan fingerprint density at radius 2 is 1.90 bits per heavy atom. The maximum absolute atomic E-state index is 9.32. The number of aliphatic hydroxyl groups excluding tert-OH is 1. The summed E-state index contributed by atoms with van der Waals surface area (Å²) in [7, 11) is 0. The van der Waals surface area contributed by atoms with Gasteiger partial charge in [0, 0.05) is 29.4 Å². The first-order chi connectivity index (χ1) is 10.1. The molecule has 0 atom stereocenters. The van der Waals surface area contributed by atoms with Gasteiger partial charge in [-0.25, -0.2) is 0 Å². The Hall–Kier alpha value is -2.04. The van der Waals surface area contributed by atoms with Crippen LogP contribution in [0.5, 0.6) is 0 Å². The zero-order valence-electron chi connectivity index (χ0n) is 11.6. The van der Waals surface area contributed by atoms with Crippen LogP contribution in [0.4, 0.5) is 5.69 Å². The van der Waals surface area contributed by atoms with Crippen molar-refractivity contribution >= 4 is 23.1 Å². The number of nitrogens with zero attached hydrogens (tertiary/aromatic N) is 1. The lowest BCUT2D eigenvalue weighted by atomic mass is 10.1. The van der Waals surface area contributed by atoms with Gasteiger partial charge in [-0.1, -0.05) is 41.9 Å². The first kappa shape index (κ1) is 15.4. The highest BCUT2D eigenvalue weighted by molar-refractivity contribution is 6.31. The predicted molar refractivity (Wildman–Crippen MR) is 87.0 cm³/mol. The summed E-state index contributed by atoms with van der Waals surface area (Å²) in [5.74, 6) is -0.0160. The molecule has 2 aromatic rings. The molecule has 0 aliphatic rings. The van der Waals surface area contributed by atoms with Crippen LogP contribution >= 0.6 is 11.6 Å². The van der Waals surface area contributed by atoms with Gasteiger partial charge in [0.1, 0.15) is 5.84 Å². The van der Waals surface area contributed by atoms with Crippen LogP contribution in [0.1, 0.15) is 11.1 Å². The lowest BCUT2D eigenvalue weighted by molar-refractivity contribution is 0.301. The van der Waals surface area contributed by atoms with Gasteiger partial charge in [0.25, 0.3) is 0 Å². The fourth-order valence-corrected chi connectivity index (χ4v) is 2.37. The van der Waals surface area contributed by atoms with Gasteiger partial charge in [0.15, 0.2) is 0 Å². The average molecular weight is 304 g/mol. The van der Waals surface area contributed by atoms with Gasteiger partial charge >= 0.3 is 0 Å². The molecule has 5 heteroatoms. The quantitative estimate of drug-likeness (QED) is 0.567. The van der Waals surface area contributed by atoms with Crippen molar-refractivity contribution in [3.8, 4) is 0 Å². The van der Waals surface area contributed by atoms with E-state index >= 15 is 0 Å². The molecule has 21 heavy (non-hydrogen) atoms. The van der Waals surface area contributed by atoms with Gasteiger partial charge in [0.2, 0.25) is 0 Å². The highest BCUT2D eigenvalue weighted by atomic mass is 35.5. The van der Waals surface area contributed by atoms with E-state index in [1.54, 1.807) is 18.2 Å². The summed E-state index contributed by atoms with van der Waals surface area (Å²) >= 11 is 6.07. The van der Waals surface area contributed by atoms with Gasteiger partial charge in [-0.3, -0.25) is 5.41 Å². The van der Waals surface area contributed by atoms with Crippen molar-refractivity contribution in [2.75, 3.05) is 18.1 Å². The van der Waals surface area contributed by atoms with Crippen molar-refractivity contribution in [2.24, 2.45) is 5.73 Å². The Morgan fingerprint density at radius 1 is 1.19 bits per heavy atom. The molecule has 0 fully saturated rings. The summed E-state index contributed by atoms with van der Waals surface area (Å²) in [5, 5.41) is 17.6. The third-order valence-corrected chi connectivity index (χ3v) is 3.41. The molecule has 0 unspecified atom stereocenters. The molecule has 4 N–H and O–H groups in total. The van der Waals surface area contributed by atoms with Crippen LogP contribution in [-0.2, 0) is 6.54 Å². The number of hydrogen-bond acceptors (Lipinski definition) is 3. The van der Waals surface area contributed by atoms with Crippen LogP contribution in [-0.4, -0.2) is 24.1 Å². The average Bonchev–Trinajstić information content (AvgIpc) is 2.47. The van der Waals surface area contributed by atoms with E-state index in [-0.39, 0.29) is 12.4 Å². The lowest BCUT2D eigenvalue weighted by Crippen LogP contribution is -2.28. The monoisotopic (exact) mass is 303 g/mol. The molecule has 2 rings (SSSR count). The summed E-state index contributed by atoms with van der Waals surface area (Å²) in [6, 6.07) is 15.1. The first-order valence-corrected chi connectivity index (χ1v) is 7.03. The topological polar surface area (TPSA) is 73.3 Å².